The Bertz CT molecular complexity index is 481. The van der Waals surface area contributed by atoms with E-state index in [1.54, 1.807) is 11.3 Å². The van der Waals surface area contributed by atoms with E-state index in [2.05, 4.69) is 39.8 Å². The molecule has 2 aromatic heterocycles. The number of hydrogen-bond donors (Lipinski definition) is 1. The Morgan fingerprint density at radius 3 is 3.20 bits per heavy atom. The van der Waals surface area contributed by atoms with E-state index in [1.807, 2.05) is 6.92 Å². The first-order valence-electron chi connectivity index (χ1n) is 4.94. The van der Waals surface area contributed by atoms with Crippen LogP contribution in [0.25, 0.3) is 4.96 Å². The lowest BCUT2D eigenvalue weighted by molar-refractivity contribution is 0.714. The van der Waals surface area contributed by atoms with Crippen LogP contribution in [0.4, 0.5) is 0 Å². The van der Waals surface area contributed by atoms with Gasteiger partial charge in [-0.05, 0) is 13.8 Å². The van der Waals surface area contributed by atoms with Crippen LogP contribution in [0.2, 0.25) is 0 Å². The zero-order valence-corrected chi connectivity index (χ0v) is 9.90. The van der Waals surface area contributed by atoms with Crippen molar-refractivity contribution in [3.8, 4) is 0 Å². The van der Waals surface area contributed by atoms with Crippen molar-refractivity contribution in [2.75, 3.05) is 6.54 Å². The van der Waals surface area contributed by atoms with E-state index in [0.717, 1.165) is 29.3 Å². The summed E-state index contributed by atoms with van der Waals surface area (Å²) in [5, 5.41) is 5.41. The molecular formula is C11H15N3S. The van der Waals surface area contributed by atoms with Crippen molar-refractivity contribution in [1.29, 1.82) is 0 Å². The van der Waals surface area contributed by atoms with E-state index >= 15 is 0 Å². The van der Waals surface area contributed by atoms with Crippen LogP contribution in [0.5, 0.6) is 0 Å². The molecule has 0 unspecified atom stereocenters. The highest BCUT2D eigenvalue weighted by Crippen LogP contribution is 2.16. The van der Waals surface area contributed by atoms with Crippen molar-refractivity contribution in [2.24, 2.45) is 0 Å². The topological polar surface area (TPSA) is 29.3 Å². The lowest BCUT2D eigenvalue weighted by atomic mass is 10.3. The van der Waals surface area contributed by atoms with E-state index in [-0.39, 0.29) is 0 Å². The highest BCUT2D eigenvalue weighted by atomic mass is 32.1. The quantitative estimate of drug-likeness (QED) is 0.803. The zero-order chi connectivity index (χ0) is 10.8. The highest BCUT2D eigenvalue weighted by molar-refractivity contribution is 7.15. The molecule has 15 heavy (non-hydrogen) atoms. The minimum atomic E-state index is 0.844. The van der Waals surface area contributed by atoms with Gasteiger partial charge in [0.05, 0.1) is 11.4 Å². The Labute approximate surface area is 93.5 Å². The smallest absolute Gasteiger partial charge is 0.194 e. The summed E-state index contributed by atoms with van der Waals surface area (Å²) in [6.45, 7) is 9.64. The maximum absolute atomic E-state index is 4.49. The number of aryl methyl sites for hydroxylation is 1. The van der Waals surface area contributed by atoms with Gasteiger partial charge in [-0.2, -0.15) is 0 Å². The Hall–Kier alpha value is -1.13. The molecule has 0 aliphatic rings. The number of nitrogens with one attached hydrogen (secondary N) is 1. The van der Waals surface area contributed by atoms with Crippen molar-refractivity contribution in [3.63, 3.8) is 0 Å². The molecule has 80 valence electrons. The van der Waals surface area contributed by atoms with Crippen LogP contribution in [0.1, 0.15) is 18.3 Å². The van der Waals surface area contributed by atoms with Gasteiger partial charge < -0.3 is 5.32 Å². The summed E-state index contributed by atoms with van der Waals surface area (Å²) in [7, 11) is 0. The molecule has 0 fully saturated rings. The number of imidazole rings is 1. The summed E-state index contributed by atoms with van der Waals surface area (Å²) in [6, 6.07) is 0. The molecule has 0 spiro atoms. The Morgan fingerprint density at radius 1 is 1.67 bits per heavy atom. The van der Waals surface area contributed by atoms with Crippen molar-refractivity contribution >= 4 is 16.3 Å². The van der Waals surface area contributed by atoms with Gasteiger partial charge in [-0.25, -0.2) is 4.98 Å². The van der Waals surface area contributed by atoms with Crippen LogP contribution in [-0.4, -0.2) is 15.9 Å². The Kier molecular flexibility index (Phi) is 2.88. The second kappa shape index (κ2) is 4.16. The van der Waals surface area contributed by atoms with E-state index < -0.39 is 0 Å². The molecule has 0 bridgehead atoms. The van der Waals surface area contributed by atoms with Crippen molar-refractivity contribution in [2.45, 2.75) is 20.4 Å². The molecule has 0 atom stereocenters. The summed E-state index contributed by atoms with van der Waals surface area (Å²) in [5.41, 5.74) is 3.50. The number of fused-ring (bicyclic) bond motifs is 1. The molecule has 0 amide bonds. The summed E-state index contributed by atoms with van der Waals surface area (Å²) in [4.78, 5) is 5.56. The first-order valence-corrected chi connectivity index (χ1v) is 5.82. The first-order chi connectivity index (χ1) is 7.18. The minimum absolute atomic E-state index is 0.844. The normalized spacial score (nSPS) is 11.1. The lowest BCUT2D eigenvalue weighted by Gasteiger charge is -2.04. The van der Waals surface area contributed by atoms with Crippen LogP contribution < -0.4 is 5.32 Å². The summed E-state index contributed by atoms with van der Waals surface area (Å²) >= 11 is 1.67. The van der Waals surface area contributed by atoms with E-state index in [0.29, 0.717) is 0 Å². The second-order valence-corrected chi connectivity index (χ2v) is 4.63. The number of nitrogens with zero attached hydrogens (tertiary/aromatic N) is 2. The summed E-state index contributed by atoms with van der Waals surface area (Å²) in [6.07, 6.45) is 2.07. The summed E-state index contributed by atoms with van der Waals surface area (Å²) in [5.74, 6) is 0. The van der Waals surface area contributed by atoms with Gasteiger partial charge in [-0.1, -0.05) is 12.2 Å². The molecule has 0 aliphatic carbocycles. The minimum Gasteiger partial charge on any atom is -0.307 e. The number of aromatic nitrogens is 2. The van der Waals surface area contributed by atoms with E-state index in [9.17, 15) is 0 Å². The molecule has 0 saturated heterocycles. The van der Waals surface area contributed by atoms with Gasteiger partial charge in [-0.3, -0.25) is 4.40 Å². The fourth-order valence-electron chi connectivity index (χ4n) is 1.55. The van der Waals surface area contributed by atoms with Crippen molar-refractivity contribution in [1.82, 2.24) is 14.7 Å². The average Bonchev–Trinajstić information content (AvgIpc) is 2.68. The number of rotatable bonds is 4. The molecule has 0 aromatic carbocycles. The Morgan fingerprint density at radius 2 is 2.47 bits per heavy atom. The van der Waals surface area contributed by atoms with Gasteiger partial charge in [0, 0.05) is 24.7 Å². The van der Waals surface area contributed by atoms with Gasteiger partial charge in [0.2, 0.25) is 0 Å². The molecule has 2 heterocycles. The third kappa shape index (κ3) is 2.11. The van der Waals surface area contributed by atoms with E-state index in [1.165, 1.54) is 5.69 Å². The van der Waals surface area contributed by atoms with Gasteiger partial charge in [-0.15, -0.1) is 11.3 Å². The average molecular weight is 221 g/mol. The lowest BCUT2D eigenvalue weighted by Crippen LogP contribution is -2.16. The van der Waals surface area contributed by atoms with Crippen LogP contribution in [0, 0.1) is 6.92 Å². The molecule has 3 nitrogen and oxygen atoms in total. The molecule has 0 saturated carbocycles. The second-order valence-electron chi connectivity index (χ2n) is 3.76. The SMILES string of the molecule is C=C(C)CNCc1c(C)nc2sccn12. The Balaban J connectivity index is 2.15. The van der Waals surface area contributed by atoms with Crippen molar-refractivity contribution in [3.05, 3.63) is 35.1 Å². The fourth-order valence-corrected chi connectivity index (χ4v) is 2.33. The third-order valence-electron chi connectivity index (χ3n) is 2.28. The predicted octanol–water partition coefficient (Wildman–Crippen LogP) is 2.37. The standard InChI is InChI=1S/C11H15N3S/c1-8(2)6-12-7-10-9(3)13-11-14(10)4-5-15-11/h4-5,12H,1,6-7H2,2-3H3. The monoisotopic (exact) mass is 221 g/mol. The van der Waals surface area contributed by atoms with E-state index in [4.69, 9.17) is 0 Å². The van der Waals surface area contributed by atoms with Gasteiger partial charge in [0.15, 0.2) is 4.96 Å². The molecule has 0 radical (unpaired) electrons. The maximum Gasteiger partial charge on any atom is 0.194 e. The molecule has 0 aliphatic heterocycles. The number of thiazole rings is 1. The van der Waals surface area contributed by atoms with Crippen LogP contribution in [0.3, 0.4) is 0 Å². The van der Waals surface area contributed by atoms with Gasteiger partial charge >= 0.3 is 0 Å². The summed E-state index contributed by atoms with van der Waals surface area (Å²) < 4.78 is 2.14. The predicted molar refractivity (Wildman–Crippen MR) is 64.3 cm³/mol. The third-order valence-corrected chi connectivity index (χ3v) is 3.04. The molecule has 2 rings (SSSR count). The van der Waals surface area contributed by atoms with Crippen LogP contribution in [0.15, 0.2) is 23.7 Å². The van der Waals surface area contributed by atoms with Gasteiger partial charge in [0.25, 0.3) is 0 Å². The fraction of sp³-hybridized carbons (Fsp3) is 0.364. The molecular weight excluding hydrogens is 206 g/mol. The maximum atomic E-state index is 4.49. The highest BCUT2D eigenvalue weighted by Gasteiger charge is 2.08. The first kappa shape index (κ1) is 10.4. The van der Waals surface area contributed by atoms with Crippen LogP contribution in [-0.2, 0) is 6.54 Å². The van der Waals surface area contributed by atoms with Gasteiger partial charge in [0.1, 0.15) is 0 Å². The zero-order valence-electron chi connectivity index (χ0n) is 9.08. The molecule has 1 N–H and O–H groups in total. The van der Waals surface area contributed by atoms with Crippen molar-refractivity contribution < 1.29 is 0 Å². The molecule has 4 heteroatoms. The van der Waals surface area contributed by atoms with Crippen LogP contribution >= 0.6 is 11.3 Å². The number of hydrogen-bond acceptors (Lipinski definition) is 3. The molecule has 2 aromatic rings. The largest absolute Gasteiger partial charge is 0.307 e.